The summed E-state index contributed by atoms with van der Waals surface area (Å²) in [6.45, 7) is 3.70. The monoisotopic (exact) mass is 514 g/mol. The van der Waals surface area contributed by atoms with Crippen LogP contribution in [0.2, 0.25) is 0 Å². The van der Waals surface area contributed by atoms with Crippen LogP contribution in [0.15, 0.2) is 24.5 Å². The predicted molar refractivity (Wildman–Crippen MR) is 136 cm³/mol. The number of carbonyl (C=O) groups excluding carboxylic acids is 1. The number of unbranched alkanes of at least 4 members (excludes halogenated alkanes) is 1. The van der Waals surface area contributed by atoms with Gasteiger partial charge in [-0.2, -0.15) is 5.26 Å². The molecule has 2 atom stereocenters. The Balaban J connectivity index is 1.56. The van der Waals surface area contributed by atoms with Gasteiger partial charge >= 0.3 is 5.82 Å². The first-order valence-corrected chi connectivity index (χ1v) is 12.8. The smallest absolute Gasteiger partial charge is 0.351 e. The van der Waals surface area contributed by atoms with Crippen molar-refractivity contribution in [2.45, 2.75) is 57.7 Å². The molecule has 0 unspecified atom stereocenters. The molecule has 11 heteroatoms. The van der Waals surface area contributed by atoms with Gasteiger partial charge in [0.2, 0.25) is 5.69 Å². The lowest BCUT2D eigenvalue weighted by molar-refractivity contribution is -0.894. The van der Waals surface area contributed by atoms with Crippen molar-refractivity contribution in [3.63, 3.8) is 0 Å². The number of ketones is 1. The van der Waals surface area contributed by atoms with E-state index in [9.17, 15) is 19.7 Å². The summed E-state index contributed by atoms with van der Waals surface area (Å²) in [6, 6.07) is 5.47. The zero-order chi connectivity index (χ0) is 26.6. The van der Waals surface area contributed by atoms with Crippen molar-refractivity contribution < 1.29 is 23.9 Å². The van der Waals surface area contributed by atoms with Gasteiger partial charge in [-0.1, -0.05) is 6.07 Å². The second-order valence-corrected chi connectivity index (χ2v) is 9.33. The van der Waals surface area contributed by atoms with Gasteiger partial charge in [0.25, 0.3) is 0 Å². The molecule has 0 aromatic carbocycles. The molecule has 3 heterocycles. The summed E-state index contributed by atoms with van der Waals surface area (Å²) in [6.07, 6.45) is 6.57. The zero-order valence-electron chi connectivity index (χ0n) is 21.6. The summed E-state index contributed by atoms with van der Waals surface area (Å²) in [5.41, 5.74) is 2.29. The average Bonchev–Trinajstić information content (AvgIpc) is 2.89. The summed E-state index contributed by atoms with van der Waals surface area (Å²) in [7, 11) is 1.47. The highest BCUT2D eigenvalue weighted by atomic mass is 19.1. The number of halogens is 1. The van der Waals surface area contributed by atoms with Gasteiger partial charge in [-0.3, -0.25) is 10.1 Å². The normalized spacial score (nSPS) is 14.4. The Bertz CT molecular complexity index is 1080. The third-order valence-electron chi connectivity index (χ3n) is 6.42. The number of carbonyl (C=O) groups is 1. The van der Waals surface area contributed by atoms with E-state index in [1.54, 1.807) is 0 Å². The summed E-state index contributed by atoms with van der Waals surface area (Å²) in [4.78, 5) is 23.0. The van der Waals surface area contributed by atoms with E-state index in [-0.39, 0.29) is 30.4 Å². The van der Waals surface area contributed by atoms with Crippen LogP contribution in [0.3, 0.4) is 0 Å². The molecule has 200 valence electrons. The molecule has 1 aliphatic rings. The molecule has 0 saturated heterocycles. The van der Waals surface area contributed by atoms with Crippen LogP contribution in [-0.4, -0.2) is 78.0 Å². The molecular formula is C26H37FN7O3+. The van der Waals surface area contributed by atoms with Gasteiger partial charge in [0.1, 0.15) is 18.1 Å². The fraction of sp³-hybridized carbons (Fsp3) is 0.577. The van der Waals surface area contributed by atoms with E-state index in [0.29, 0.717) is 19.5 Å². The second kappa shape index (κ2) is 14.4. The second-order valence-electron chi connectivity index (χ2n) is 9.33. The Morgan fingerprint density at radius 3 is 3.00 bits per heavy atom. The minimum atomic E-state index is -1.15. The number of aromatic nitrogens is 3. The fourth-order valence-corrected chi connectivity index (χ4v) is 4.44. The average molecular weight is 515 g/mol. The van der Waals surface area contributed by atoms with Crippen molar-refractivity contribution in [1.29, 1.82) is 5.26 Å². The highest BCUT2D eigenvalue weighted by Crippen LogP contribution is 2.20. The molecule has 0 spiro atoms. The number of rotatable bonds is 15. The van der Waals surface area contributed by atoms with Gasteiger partial charge in [-0.25, -0.2) is 14.4 Å². The number of pyridine rings is 1. The van der Waals surface area contributed by atoms with Crippen molar-refractivity contribution in [3.05, 3.63) is 41.5 Å². The van der Waals surface area contributed by atoms with Gasteiger partial charge in [-0.15, -0.1) is 0 Å². The van der Waals surface area contributed by atoms with Crippen molar-refractivity contribution in [2.24, 2.45) is 0 Å². The summed E-state index contributed by atoms with van der Waals surface area (Å²) < 4.78 is 20.1. The van der Waals surface area contributed by atoms with E-state index in [2.05, 4.69) is 27.8 Å². The third kappa shape index (κ3) is 8.61. The molecule has 3 rings (SSSR count). The molecule has 2 aromatic rings. The maximum atomic E-state index is 14.4. The molecule has 0 fully saturated rings. The largest absolute Gasteiger partial charge is 0.382 e. The van der Waals surface area contributed by atoms with E-state index < -0.39 is 12.2 Å². The van der Waals surface area contributed by atoms with Crippen molar-refractivity contribution in [2.75, 3.05) is 50.5 Å². The number of ether oxygens (including phenoxy) is 1. The fourth-order valence-electron chi connectivity index (χ4n) is 4.44. The highest BCUT2D eigenvalue weighted by Gasteiger charge is 2.26. The number of anilines is 2. The summed E-state index contributed by atoms with van der Waals surface area (Å²) in [5, 5.41) is 25.7. The van der Waals surface area contributed by atoms with Gasteiger partial charge in [0.05, 0.1) is 12.8 Å². The van der Waals surface area contributed by atoms with Crippen LogP contribution < -0.4 is 15.4 Å². The molecular weight excluding hydrogens is 477 g/mol. The van der Waals surface area contributed by atoms with Crippen molar-refractivity contribution in [3.8, 4) is 6.07 Å². The number of hydrogen-bond donors (Lipinski definition) is 3. The number of nitrogens with zero attached hydrogens (tertiary/aromatic N) is 5. The quantitative estimate of drug-likeness (QED) is 0.186. The molecule has 0 aliphatic carbocycles. The topological polar surface area (TPSA) is 127 Å². The number of methoxy groups -OCH3 is 1. The van der Waals surface area contributed by atoms with E-state index >= 15 is 0 Å². The van der Waals surface area contributed by atoms with Crippen LogP contribution in [0, 0.1) is 11.3 Å². The summed E-state index contributed by atoms with van der Waals surface area (Å²) in [5.74, 6) is 0.880. The van der Waals surface area contributed by atoms with Gasteiger partial charge in [0, 0.05) is 38.9 Å². The molecule has 37 heavy (non-hydrogen) atoms. The Labute approximate surface area is 217 Å². The first kappa shape index (κ1) is 28.2. The maximum absolute atomic E-state index is 14.4. The van der Waals surface area contributed by atoms with Crippen LogP contribution in [0.25, 0.3) is 0 Å². The van der Waals surface area contributed by atoms with Crippen LogP contribution in [0.5, 0.6) is 0 Å². The minimum absolute atomic E-state index is 0.00264. The van der Waals surface area contributed by atoms with Crippen molar-refractivity contribution >= 4 is 17.4 Å². The van der Waals surface area contributed by atoms with Crippen LogP contribution in [-0.2, 0) is 22.4 Å². The van der Waals surface area contributed by atoms with E-state index in [1.807, 2.05) is 11.0 Å². The molecule has 1 aliphatic heterocycles. The van der Waals surface area contributed by atoms with Crippen LogP contribution in [0.4, 0.5) is 16.0 Å². The Morgan fingerprint density at radius 2 is 2.24 bits per heavy atom. The first-order valence-electron chi connectivity index (χ1n) is 12.8. The summed E-state index contributed by atoms with van der Waals surface area (Å²) >= 11 is 0. The number of fused-ring (bicyclic) bond motifs is 1. The highest BCUT2D eigenvalue weighted by molar-refractivity contribution is 5.84. The third-order valence-corrected chi connectivity index (χ3v) is 6.42. The number of alkyl halides is 1. The molecule has 0 radical (unpaired) electrons. The van der Waals surface area contributed by atoms with E-state index in [4.69, 9.17) is 9.72 Å². The Hall–Kier alpha value is -3.36. The first-order chi connectivity index (χ1) is 17.9. The number of nitrogens with one attached hydrogen (secondary N) is 2. The van der Waals surface area contributed by atoms with Gasteiger partial charge < -0.3 is 20.2 Å². The molecule has 0 amide bonds. The molecule has 10 nitrogen and oxygen atoms in total. The molecule has 3 N–H and O–H groups in total. The number of nitriles is 1. The number of hydrogen-bond acceptors (Lipinski definition) is 9. The maximum Gasteiger partial charge on any atom is 0.351 e. The molecule has 2 aromatic heterocycles. The lowest BCUT2D eigenvalue weighted by Crippen LogP contribution is -2.42. The van der Waals surface area contributed by atoms with Gasteiger partial charge in [-0.05, 0) is 61.9 Å². The number of Topliss-reactive ketones (excluding diaryl/α,β-unsaturated/α-hetero) is 1. The van der Waals surface area contributed by atoms with Crippen molar-refractivity contribution in [1.82, 2.24) is 14.9 Å². The van der Waals surface area contributed by atoms with Gasteiger partial charge in [0.15, 0.2) is 18.0 Å². The lowest BCUT2D eigenvalue weighted by Gasteiger charge is -2.25. The number of aryl methyl sites for hydroxylation is 2. The van der Waals surface area contributed by atoms with E-state index in [1.165, 1.54) is 32.0 Å². The molecule has 0 bridgehead atoms. The Kier molecular flexibility index (Phi) is 11.0. The standard InChI is InChI=1S/C26H36FN7O3/c1-19(35)23(32-26-24(16-28)29-12-15-34(26)36)10-14-33(17-21(27)18-37-2)13-4-3-7-22-9-8-20-6-5-11-30-25(20)31-22/h8-9,12,15,21,23,36H,3-7,10-11,13-14,17-18H2,1-2H3,(H,30,31)/p+1/t21-,23-/m0/s1. The predicted octanol–water partition coefficient (Wildman–Crippen LogP) is 2.30. The minimum Gasteiger partial charge on any atom is -0.382 e. The SMILES string of the molecule is COC[C@@H](F)CN(CCCCc1ccc2c(n1)NCCC2)CC[C@H](Nc1c(C#N)ncc[n+]1O)C(C)=O. The Morgan fingerprint density at radius 1 is 1.41 bits per heavy atom. The lowest BCUT2D eigenvalue weighted by atomic mass is 10.1. The van der Waals surface area contributed by atoms with Crippen LogP contribution in [0.1, 0.15) is 49.6 Å². The van der Waals surface area contributed by atoms with E-state index in [0.717, 1.165) is 54.9 Å². The zero-order valence-corrected chi connectivity index (χ0v) is 21.6. The molecule has 0 saturated carbocycles. The van der Waals surface area contributed by atoms with Crippen LogP contribution >= 0.6 is 0 Å².